The third-order valence-electron chi connectivity index (χ3n) is 8.84. The molecule has 5 rings (SSSR count). The van der Waals surface area contributed by atoms with Crippen molar-refractivity contribution in [1.82, 2.24) is 20.4 Å². The molecule has 4 amide bonds. The third kappa shape index (κ3) is 7.23. The van der Waals surface area contributed by atoms with Crippen molar-refractivity contribution in [3.8, 4) is 5.75 Å². The number of ether oxygens (including phenoxy) is 3. The van der Waals surface area contributed by atoms with E-state index in [2.05, 4.69) is 21.6 Å². The lowest BCUT2D eigenvalue weighted by molar-refractivity contribution is -0.137. The first-order chi connectivity index (χ1) is 21.2. The second kappa shape index (κ2) is 15.0. The van der Waals surface area contributed by atoms with Crippen molar-refractivity contribution in [2.45, 2.75) is 56.1 Å². The molecule has 0 bridgehead atoms. The summed E-state index contributed by atoms with van der Waals surface area (Å²) in [4.78, 5) is 43.2. The topological polar surface area (TPSA) is 109 Å². The van der Waals surface area contributed by atoms with Gasteiger partial charge in [-0.15, -0.1) is 12.4 Å². The van der Waals surface area contributed by atoms with Gasteiger partial charge in [0.15, 0.2) is 11.6 Å². The molecule has 2 fully saturated rings. The number of para-hydroxylation sites is 1. The zero-order valence-corrected chi connectivity index (χ0v) is 26.3. The zero-order valence-electron chi connectivity index (χ0n) is 25.5. The Morgan fingerprint density at radius 3 is 2.40 bits per heavy atom. The maximum atomic E-state index is 14.4. The number of rotatable bonds is 8. The number of methoxy groups -OCH3 is 3. The highest BCUT2D eigenvalue weighted by atomic mass is 35.5. The average Bonchev–Trinajstić information content (AvgIpc) is 3.50. The van der Waals surface area contributed by atoms with Crippen molar-refractivity contribution in [1.29, 1.82) is 0 Å². The number of carbonyl (C=O) groups excluding carboxylic acids is 3. The largest absolute Gasteiger partial charge is 0.496 e. The van der Waals surface area contributed by atoms with Gasteiger partial charge in [0, 0.05) is 32.3 Å². The molecule has 0 unspecified atom stereocenters. The molecule has 1 saturated heterocycles. The summed E-state index contributed by atoms with van der Waals surface area (Å²) in [6.07, 6.45) is 4.79. The molecule has 0 spiro atoms. The van der Waals surface area contributed by atoms with Gasteiger partial charge in [-0.05, 0) is 67.3 Å². The molecule has 3 aliphatic rings. The second-order valence-corrected chi connectivity index (χ2v) is 11.4. The summed E-state index contributed by atoms with van der Waals surface area (Å²) < 4.78 is 43.9. The van der Waals surface area contributed by atoms with E-state index in [9.17, 15) is 23.2 Å². The van der Waals surface area contributed by atoms with Crippen LogP contribution < -0.4 is 15.4 Å². The van der Waals surface area contributed by atoms with Gasteiger partial charge in [0.2, 0.25) is 0 Å². The fourth-order valence-electron chi connectivity index (χ4n) is 6.72. The molecular weight excluding hydrogens is 610 g/mol. The van der Waals surface area contributed by atoms with Gasteiger partial charge in [0.25, 0.3) is 0 Å². The van der Waals surface area contributed by atoms with E-state index in [-0.39, 0.29) is 41.9 Å². The molecule has 2 N–H and O–H groups in total. The molecule has 45 heavy (non-hydrogen) atoms. The number of hydrogen-bond donors (Lipinski definition) is 2. The van der Waals surface area contributed by atoms with Crippen LogP contribution >= 0.6 is 12.4 Å². The standard InChI is InChI=1S/C32H38F2N4O6.ClH/c1-42-18-26-28(30(39)44-3)29(20-10-13-24(33)25(34)16-20)38(32(41)36-26)31(40)35-21-14-15-37(17-21)22-11-8-19(9-12-22)23-6-4-5-7-27(23)43-2;/h4-7,10,13,16,19,21-22,29H,8-9,11-12,14-15,17-18H2,1-3H3,(H,35,40)(H,36,41);1H/t19?,21-,22?,29+;/m1./s1. The van der Waals surface area contributed by atoms with Gasteiger partial charge >= 0.3 is 18.0 Å². The van der Waals surface area contributed by atoms with E-state index >= 15 is 0 Å². The summed E-state index contributed by atoms with van der Waals surface area (Å²) in [6, 6.07) is 8.29. The minimum Gasteiger partial charge on any atom is -0.496 e. The minimum atomic E-state index is -1.38. The normalized spacial score (nSPS) is 23.7. The maximum absolute atomic E-state index is 14.4. The average molecular weight is 649 g/mol. The number of likely N-dealkylation sites (tertiary alicyclic amines) is 1. The number of benzene rings is 2. The molecule has 2 aliphatic heterocycles. The van der Waals surface area contributed by atoms with E-state index in [0.29, 0.717) is 24.9 Å². The number of amides is 4. The van der Waals surface area contributed by atoms with Crippen LogP contribution in [0.3, 0.4) is 0 Å². The molecule has 1 aliphatic carbocycles. The Kier molecular flexibility index (Phi) is 11.4. The summed E-state index contributed by atoms with van der Waals surface area (Å²) in [7, 11) is 4.22. The van der Waals surface area contributed by atoms with Gasteiger partial charge in [0.05, 0.1) is 32.1 Å². The van der Waals surface area contributed by atoms with Crippen molar-refractivity contribution < 1.29 is 37.4 Å². The molecular formula is C32H39ClF2N4O6. The Morgan fingerprint density at radius 2 is 1.73 bits per heavy atom. The number of carbonyl (C=O) groups is 3. The second-order valence-electron chi connectivity index (χ2n) is 11.4. The van der Waals surface area contributed by atoms with Crippen LogP contribution in [-0.4, -0.2) is 80.9 Å². The lowest BCUT2D eigenvalue weighted by Crippen LogP contribution is -2.56. The Morgan fingerprint density at radius 1 is 1.00 bits per heavy atom. The fourth-order valence-corrected chi connectivity index (χ4v) is 6.72. The van der Waals surface area contributed by atoms with E-state index in [1.54, 1.807) is 7.11 Å². The van der Waals surface area contributed by atoms with Crippen molar-refractivity contribution >= 4 is 30.4 Å². The number of imide groups is 1. The first-order valence-electron chi connectivity index (χ1n) is 14.8. The van der Waals surface area contributed by atoms with Gasteiger partial charge in [-0.2, -0.15) is 0 Å². The van der Waals surface area contributed by atoms with Gasteiger partial charge in [0.1, 0.15) is 11.8 Å². The van der Waals surface area contributed by atoms with E-state index in [4.69, 9.17) is 14.2 Å². The quantitative estimate of drug-likeness (QED) is 0.386. The summed E-state index contributed by atoms with van der Waals surface area (Å²) in [5.41, 5.74) is 1.22. The van der Waals surface area contributed by atoms with Crippen molar-refractivity contribution in [3.05, 3.63) is 76.5 Å². The molecule has 0 aromatic heterocycles. The van der Waals surface area contributed by atoms with E-state index in [1.807, 2.05) is 18.2 Å². The number of hydrogen-bond acceptors (Lipinski definition) is 7. The molecule has 2 heterocycles. The predicted octanol–water partition coefficient (Wildman–Crippen LogP) is 5.05. The first-order valence-corrected chi connectivity index (χ1v) is 14.8. The molecule has 1 saturated carbocycles. The molecule has 2 aromatic rings. The lowest BCUT2D eigenvalue weighted by Gasteiger charge is -2.37. The number of nitrogens with one attached hydrogen (secondary N) is 2. The van der Waals surface area contributed by atoms with Crippen LogP contribution in [0.25, 0.3) is 0 Å². The number of urea groups is 2. The van der Waals surface area contributed by atoms with E-state index < -0.39 is 35.7 Å². The van der Waals surface area contributed by atoms with Gasteiger partial charge < -0.3 is 24.8 Å². The maximum Gasteiger partial charge on any atom is 0.338 e. The molecule has 0 radical (unpaired) electrons. The Hall–Kier alpha value is -3.74. The summed E-state index contributed by atoms with van der Waals surface area (Å²) >= 11 is 0. The van der Waals surface area contributed by atoms with Crippen LogP contribution in [0.2, 0.25) is 0 Å². The number of halogens is 3. The third-order valence-corrected chi connectivity index (χ3v) is 8.84. The smallest absolute Gasteiger partial charge is 0.338 e. The molecule has 10 nitrogen and oxygen atoms in total. The van der Waals surface area contributed by atoms with Gasteiger partial charge in [-0.25, -0.2) is 28.1 Å². The Labute approximate surface area is 267 Å². The monoisotopic (exact) mass is 648 g/mol. The van der Waals surface area contributed by atoms with Gasteiger partial charge in [-0.3, -0.25) is 4.90 Å². The highest BCUT2D eigenvalue weighted by Crippen LogP contribution is 2.40. The fraction of sp³-hybridized carbons (Fsp3) is 0.469. The van der Waals surface area contributed by atoms with Crippen LogP contribution in [0.15, 0.2) is 53.7 Å². The number of nitrogens with zero attached hydrogens (tertiary/aromatic N) is 2. The molecule has 244 valence electrons. The molecule has 13 heteroatoms. The highest BCUT2D eigenvalue weighted by molar-refractivity contribution is 6.01. The highest BCUT2D eigenvalue weighted by Gasteiger charge is 2.44. The summed E-state index contributed by atoms with van der Waals surface area (Å²) in [5, 5.41) is 5.49. The Balaban J connectivity index is 0.00000461. The van der Waals surface area contributed by atoms with Crippen LogP contribution in [0.1, 0.15) is 55.2 Å². The van der Waals surface area contributed by atoms with Crippen molar-refractivity contribution in [2.24, 2.45) is 0 Å². The molecule has 2 aromatic carbocycles. The van der Waals surface area contributed by atoms with Crippen LogP contribution in [0.5, 0.6) is 5.75 Å². The minimum absolute atomic E-state index is 0. The van der Waals surface area contributed by atoms with E-state index in [0.717, 1.165) is 62.1 Å². The first kappa shape index (κ1) is 34.1. The van der Waals surface area contributed by atoms with Crippen molar-refractivity contribution in [2.75, 3.05) is 41.0 Å². The van der Waals surface area contributed by atoms with Crippen LogP contribution in [0.4, 0.5) is 18.4 Å². The van der Waals surface area contributed by atoms with Gasteiger partial charge in [-0.1, -0.05) is 24.3 Å². The molecule has 2 atom stereocenters. The summed E-state index contributed by atoms with van der Waals surface area (Å²) in [6.45, 7) is 1.22. The zero-order chi connectivity index (χ0) is 31.4. The SMILES string of the molecule is COCC1=C(C(=O)OC)[C@H](c2ccc(F)c(F)c2)N(C(=O)N[C@@H]2CCN(C3CCC(c4ccccc4OC)CC3)C2)C(=O)N1.Cl. The summed E-state index contributed by atoms with van der Waals surface area (Å²) in [5.74, 6) is -1.78. The lowest BCUT2D eigenvalue weighted by atomic mass is 9.81. The van der Waals surface area contributed by atoms with Crippen LogP contribution in [-0.2, 0) is 14.3 Å². The number of esters is 1. The van der Waals surface area contributed by atoms with Crippen molar-refractivity contribution in [3.63, 3.8) is 0 Å². The predicted molar refractivity (Wildman–Crippen MR) is 164 cm³/mol. The van der Waals surface area contributed by atoms with E-state index in [1.165, 1.54) is 18.7 Å². The Bertz CT molecular complexity index is 1430. The van der Waals surface area contributed by atoms with Crippen LogP contribution in [0, 0.1) is 11.6 Å².